The van der Waals surface area contributed by atoms with Crippen LogP contribution in [-0.4, -0.2) is 69.1 Å². The van der Waals surface area contributed by atoms with Crippen molar-refractivity contribution in [3.63, 3.8) is 0 Å². The fourth-order valence-corrected chi connectivity index (χ4v) is 4.36. The maximum absolute atomic E-state index is 12.6. The van der Waals surface area contributed by atoms with Crippen LogP contribution in [0.5, 0.6) is 0 Å². The van der Waals surface area contributed by atoms with Crippen molar-refractivity contribution in [2.24, 2.45) is 7.05 Å². The van der Waals surface area contributed by atoms with Gasteiger partial charge in [-0.15, -0.1) is 0 Å². The average molecular weight is 396 g/mol. The highest BCUT2D eigenvalue weighted by Gasteiger charge is 2.30. The van der Waals surface area contributed by atoms with Crippen LogP contribution in [0.1, 0.15) is 47.6 Å². The molecule has 2 fully saturated rings. The summed E-state index contributed by atoms with van der Waals surface area (Å²) in [5.74, 6) is 0.146. The molecule has 0 aromatic carbocycles. The first kappa shape index (κ1) is 19.4. The largest absolute Gasteiger partial charge is 0.368 e. The Morgan fingerprint density at radius 2 is 1.86 bits per heavy atom. The summed E-state index contributed by atoms with van der Waals surface area (Å²) in [5, 5.41) is 4.09. The Morgan fingerprint density at radius 3 is 2.52 bits per heavy atom. The van der Waals surface area contributed by atoms with E-state index in [4.69, 9.17) is 4.98 Å². The minimum atomic E-state index is 0.0346. The van der Waals surface area contributed by atoms with E-state index in [2.05, 4.69) is 22.1 Å². The van der Waals surface area contributed by atoms with Crippen molar-refractivity contribution in [1.29, 1.82) is 0 Å². The second-order valence-corrected chi connectivity index (χ2v) is 7.94. The van der Waals surface area contributed by atoms with Gasteiger partial charge in [-0.3, -0.25) is 19.3 Å². The number of nitrogens with zero attached hydrogens (tertiary/aromatic N) is 6. The van der Waals surface area contributed by atoms with Crippen LogP contribution in [0.2, 0.25) is 0 Å². The summed E-state index contributed by atoms with van der Waals surface area (Å²) in [6, 6.07) is 4.28. The Labute approximate surface area is 171 Å². The van der Waals surface area contributed by atoms with Gasteiger partial charge in [0.1, 0.15) is 0 Å². The number of aromatic nitrogens is 3. The van der Waals surface area contributed by atoms with E-state index in [1.165, 1.54) is 0 Å². The Morgan fingerprint density at radius 1 is 1.10 bits per heavy atom. The number of hydrogen-bond donors (Lipinski definition) is 0. The van der Waals surface area contributed by atoms with Crippen molar-refractivity contribution in [2.45, 2.75) is 32.7 Å². The van der Waals surface area contributed by atoms with Crippen molar-refractivity contribution in [1.82, 2.24) is 24.6 Å². The molecular weight excluding hydrogens is 368 g/mol. The number of pyridine rings is 1. The van der Waals surface area contributed by atoms with Crippen LogP contribution < -0.4 is 4.90 Å². The van der Waals surface area contributed by atoms with Crippen molar-refractivity contribution >= 4 is 17.5 Å². The maximum atomic E-state index is 12.6. The number of hydrogen-bond acceptors (Lipinski definition) is 5. The Kier molecular flexibility index (Phi) is 5.25. The van der Waals surface area contributed by atoms with Gasteiger partial charge in [-0.05, 0) is 31.9 Å². The molecule has 2 aromatic rings. The van der Waals surface area contributed by atoms with E-state index in [1.807, 2.05) is 23.8 Å². The van der Waals surface area contributed by atoms with Crippen molar-refractivity contribution < 1.29 is 9.59 Å². The lowest BCUT2D eigenvalue weighted by atomic mass is 10.1. The highest BCUT2D eigenvalue weighted by molar-refractivity contribution is 5.93. The molecule has 4 heterocycles. The van der Waals surface area contributed by atoms with Crippen LogP contribution in [0.15, 0.2) is 24.5 Å². The zero-order valence-electron chi connectivity index (χ0n) is 17.3. The summed E-state index contributed by atoms with van der Waals surface area (Å²) in [6.07, 6.45) is 5.36. The summed E-state index contributed by atoms with van der Waals surface area (Å²) >= 11 is 0. The lowest BCUT2D eigenvalue weighted by Gasteiger charge is -2.36. The molecule has 4 rings (SSSR count). The predicted molar refractivity (Wildman–Crippen MR) is 110 cm³/mol. The molecule has 2 aliphatic heterocycles. The van der Waals surface area contributed by atoms with Crippen molar-refractivity contribution in [2.75, 3.05) is 37.6 Å². The third-order valence-electron chi connectivity index (χ3n) is 5.84. The fraction of sp³-hybridized carbons (Fsp3) is 0.524. The van der Waals surface area contributed by atoms with E-state index in [1.54, 1.807) is 24.0 Å². The van der Waals surface area contributed by atoms with E-state index < -0.39 is 0 Å². The molecule has 2 amide bonds. The van der Waals surface area contributed by atoms with Gasteiger partial charge in [0.15, 0.2) is 0 Å². The molecule has 0 N–H and O–H groups in total. The first-order valence-electron chi connectivity index (χ1n) is 10.2. The highest BCUT2D eigenvalue weighted by Crippen LogP contribution is 2.33. The standard InChI is InChI=1S/C21H28N6O2/c1-15-11-18(12-19(23-15)20-5-4-6-27(20)16(2)28)25-7-9-26(10-8-25)21(29)17-13-22-24(3)14-17/h11-14,20H,4-10H2,1-3H3/t20-/m1/s1. The lowest BCUT2D eigenvalue weighted by Crippen LogP contribution is -2.48. The molecule has 2 aromatic heterocycles. The number of carbonyl (C=O) groups is 2. The molecule has 0 aliphatic carbocycles. The molecule has 0 radical (unpaired) electrons. The van der Waals surface area contributed by atoms with Crippen LogP contribution in [-0.2, 0) is 11.8 Å². The topological polar surface area (TPSA) is 74.6 Å². The van der Waals surface area contributed by atoms with Gasteiger partial charge < -0.3 is 14.7 Å². The van der Waals surface area contributed by atoms with E-state index in [0.717, 1.165) is 49.6 Å². The minimum Gasteiger partial charge on any atom is -0.368 e. The second kappa shape index (κ2) is 7.85. The first-order valence-corrected chi connectivity index (χ1v) is 10.2. The summed E-state index contributed by atoms with van der Waals surface area (Å²) in [6.45, 7) is 7.34. The maximum Gasteiger partial charge on any atom is 0.257 e. The second-order valence-electron chi connectivity index (χ2n) is 7.94. The van der Waals surface area contributed by atoms with Gasteiger partial charge >= 0.3 is 0 Å². The van der Waals surface area contributed by atoms with Crippen LogP contribution >= 0.6 is 0 Å². The average Bonchev–Trinajstić information content (AvgIpc) is 3.36. The molecule has 0 spiro atoms. The first-order chi connectivity index (χ1) is 13.9. The Balaban J connectivity index is 1.46. The molecule has 8 heteroatoms. The summed E-state index contributed by atoms with van der Waals surface area (Å²) in [4.78, 5) is 35.5. The van der Waals surface area contributed by atoms with Gasteiger partial charge in [0, 0.05) is 64.3 Å². The number of likely N-dealkylation sites (tertiary alicyclic amines) is 1. The summed E-state index contributed by atoms with van der Waals surface area (Å²) in [5.41, 5.74) is 3.69. The van der Waals surface area contributed by atoms with E-state index in [0.29, 0.717) is 18.7 Å². The molecule has 0 saturated carbocycles. The molecule has 8 nitrogen and oxygen atoms in total. The van der Waals surface area contributed by atoms with Crippen LogP contribution in [0, 0.1) is 6.92 Å². The third-order valence-corrected chi connectivity index (χ3v) is 5.84. The molecule has 1 atom stereocenters. The van der Waals surface area contributed by atoms with Gasteiger partial charge in [0.05, 0.1) is 23.5 Å². The predicted octanol–water partition coefficient (Wildman–Crippen LogP) is 1.77. The smallest absolute Gasteiger partial charge is 0.257 e. The zero-order valence-corrected chi connectivity index (χ0v) is 17.3. The number of carbonyl (C=O) groups excluding carboxylic acids is 2. The molecule has 0 unspecified atom stereocenters. The van der Waals surface area contributed by atoms with Crippen LogP contribution in [0.25, 0.3) is 0 Å². The van der Waals surface area contributed by atoms with Crippen molar-refractivity contribution in [3.05, 3.63) is 41.5 Å². The molecule has 0 bridgehead atoms. The highest BCUT2D eigenvalue weighted by atomic mass is 16.2. The summed E-state index contributed by atoms with van der Waals surface area (Å²) in [7, 11) is 1.82. The SMILES string of the molecule is CC(=O)N1CCC[C@@H]1c1cc(N2CCN(C(=O)c3cnn(C)c3)CC2)cc(C)n1. The molecular formula is C21H28N6O2. The van der Waals surface area contributed by atoms with Crippen molar-refractivity contribution in [3.8, 4) is 0 Å². The Hall–Kier alpha value is -2.90. The van der Waals surface area contributed by atoms with Gasteiger partial charge in [-0.1, -0.05) is 0 Å². The van der Waals surface area contributed by atoms with Crippen LogP contribution in [0.3, 0.4) is 0 Å². The van der Waals surface area contributed by atoms with E-state index in [9.17, 15) is 9.59 Å². The number of piperazine rings is 1. The lowest BCUT2D eigenvalue weighted by molar-refractivity contribution is -0.129. The van der Waals surface area contributed by atoms with Gasteiger partial charge in [-0.25, -0.2) is 0 Å². The van der Waals surface area contributed by atoms with Gasteiger partial charge in [0.25, 0.3) is 5.91 Å². The number of rotatable bonds is 3. The molecule has 154 valence electrons. The quantitative estimate of drug-likeness (QED) is 0.791. The summed E-state index contributed by atoms with van der Waals surface area (Å²) < 4.78 is 1.65. The van der Waals surface area contributed by atoms with E-state index >= 15 is 0 Å². The minimum absolute atomic E-state index is 0.0346. The normalized spacial score (nSPS) is 19.7. The van der Waals surface area contributed by atoms with Crippen LogP contribution in [0.4, 0.5) is 5.69 Å². The molecule has 2 aliphatic rings. The number of amides is 2. The van der Waals surface area contributed by atoms with Gasteiger partial charge in [0.2, 0.25) is 5.91 Å². The zero-order chi connectivity index (χ0) is 20.5. The third kappa shape index (κ3) is 3.97. The van der Waals surface area contributed by atoms with E-state index in [-0.39, 0.29) is 17.9 Å². The molecule has 2 saturated heterocycles. The Bertz CT molecular complexity index is 916. The monoisotopic (exact) mass is 396 g/mol. The number of anilines is 1. The van der Waals surface area contributed by atoms with Gasteiger partial charge in [-0.2, -0.15) is 5.10 Å². The number of aryl methyl sites for hydroxylation is 2. The molecule has 29 heavy (non-hydrogen) atoms. The fourth-order valence-electron chi connectivity index (χ4n) is 4.36.